The van der Waals surface area contributed by atoms with E-state index < -0.39 is 6.10 Å². The van der Waals surface area contributed by atoms with Crippen LogP contribution in [0.2, 0.25) is 0 Å². The molecule has 2 saturated heterocycles. The smallest absolute Gasteiger partial charge is 0.317 e. The summed E-state index contributed by atoms with van der Waals surface area (Å²) in [5, 5.41) is 12.7. The summed E-state index contributed by atoms with van der Waals surface area (Å²) < 4.78 is 0. The number of hydrogen-bond donors (Lipinski definition) is 2. The number of benzene rings is 1. The van der Waals surface area contributed by atoms with Gasteiger partial charge in [0.1, 0.15) is 0 Å². The van der Waals surface area contributed by atoms with Crippen molar-refractivity contribution in [3.05, 3.63) is 29.8 Å². The Morgan fingerprint density at radius 3 is 2.95 bits per heavy atom. The summed E-state index contributed by atoms with van der Waals surface area (Å²) in [6, 6.07) is 8.23. The van der Waals surface area contributed by atoms with Crippen LogP contribution in [0.25, 0.3) is 0 Å². The highest BCUT2D eigenvalue weighted by Crippen LogP contribution is 2.28. The SMILES string of the molecule is C[C@@H](O)c1ccccc1N1CCN2C(=O)NCC2C1. The number of aliphatic hydroxyl groups is 1. The molecule has 2 N–H and O–H groups in total. The maximum Gasteiger partial charge on any atom is 0.317 e. The van der Waals surface area contributed by atoms with E-state index in [1.807, 2.05) is 29.2 Å². The number of amides is 2. The van der Waals surface area contributed by atoms with E-state index in [9.17, 15) is 9.90 Å². The average Bonchev–Trinajstić information content (AvgIpc) is 2.80. The number of anilines is 1. The molecule has 3 rings (SSSR count). The number of aliphatic hydroxyl groups excluding tert-OH is 1. The summed E-state index contributed by atoms with van der Waals surface area (Å²) >= 11 is 0. The molecule has 19 heavy (non-hydrogen) atoms. The van der Waals surface area contributed by atoms with Crippen molar-refractivity contribution in [3.8, 4) is 0 Å². The van der Waals surface area contributed by atoms with Gasteiger partial charge in [0.25, 0.3) is 0 Å². The molecule has 2 aliphatic heterocycles. The summed E-state index contributed by atoms with van der Waals surface area (Å²) in [6.45, 7) is 4.88. The van der Waals surface area contributed by atoms with Crippen LogP contribution >= 0.6 is 0 Å². The summed E-state index contributed by atoms with van der Waals surface area (Å²) in [6.07, 6.45) is -0.474. The standard InChI is InChI=1S/C14H19N3O2/c1-10(18)12-4-2-3-5-13(12)16-6-7-17-11(9-16)8-15-14(17)19/h2-5,10-11,18H,6-9H2,1H3,(H,15,19)/t10-,11?/m1/s1. The zero-order valence-corrected chi connectivity index (χ0v) is 11.0. The molecule has 2 fully saturated rings. The minimum atomic E-state index is -0.474. The van der Waals surface area contributed by atoms with Crippen LogP contribution in [-0.2, 0) is 0 Å². The van der Waals surface area contributed by atoms with E-state index in [0.29, 0.717) is 6.54 Å². The molecule has 5 nitrogen and oxygen atoms in total. The Morgan fingerprint density at radius 1 is 1.37 bits per heavy atom. The third-order valence-corrected chi connectivity index (χ3v) is 3.96. The largest absolute Gasteiger partial charge is 0.389 e. The summed E-state index contributed by atoms with van der Waals surface area (Å²) in [5.41, 5.74) is 2.03. The Balaban J connectivity index is 1.83. The third-order valence-electron chi connectivity index (χ3n) is 3.96. The molecular weight excluding hydrogens is 242 g/mol. The number of urea groups is 1. The van der Waals surface area contributed by atoms with Gasteiger partial charge in [-0.1, -0.05) is 18.2 Å². The average molecular weight is 261 g/mol. The van der Waals surface area contributed by atoms with Gasteiger partial charge in [-0.05, 0) is 13.0 Å². The lowest BCUT2D eigenvalue weighted by Crippen LogP contribution is -2.52. The molecule has 2 heterocycles. The summed E-state index contributed by atoms with van der Waals surface area (Å²) in [5.74, 6) is 0. The number of carbonyl (C=O) groups is 1. The minimum absolute atomic E-state index is 0.0495. The number of nitrogens with one attached hydrogen (secondary N) is 1. The lowest BCUT2D eigenvalue weighted by atomic mass is 10.1. The fourth-order valence-corrected chi connectivity index (χ4v) is 2.95. The van der Waals surface area contributed by atoms with Crippen LogP contribution in [0.5, 0.6) is 0 Å². The summed E-state index contributed by atoms with van der Waals surface area (Å²) in [7, 11) is 0. The van der Waals surface area contributed by atoms with Crippen LogP contribution in [0.1, 0.15) is 18.6 Å². The van der Waals surface area contributed by atoms with E-state index in [4.69, 9.17) is 0 Å². The molecule has 2 amide bonds. The molecule has 0 spiro atoms. The second-order valence-corrected chi connectivity index (χ2v) is 5.21. The monoisotopic (exact) mass is 261 g/mol. The molecule has 5 heteroatoms. The Hall–Kier alpha value is -1.75. The van der Waals surface area contributed by atoms with Gasteiger partial charge in [-0.25, -0.2) is 4.79 Å². The first-order valence-electron chi connectivity index (χ1n) is 6.73. The predicted octanol–water partition coefficient (Wildman–Crippen LogP) is 0.954. The number of nitrogens with zero attached hydrogens (tertiary/aromatic N) is 2. The Kier molecular flexibility index (Phi) is 3.06. The highest BCUT2D eigenvalue weighted by atomic mass is 16.3. The van der Waals surface area contributed by atoms with E-state index in [1.165, 1.54) is 0 Å². The second kappa shape index (κ2) is 4.74. The normalized spacial score (nSPS) is 24.1. The quantitative estimate of drug-likeness (QED) is 0.833. The van der Waals surface area contributed by atoms with Crippen LogP contribution in [-0.4, -0.2) is 48.3 Å². The molecule has 1 unspecified atom stereocenters. The highest BCUT2D eigenvalue weighted by molar-refractivity contribution is 5.77. The zero-order valence-electron chi connectivity index (χ0n) is 11.0. The zero-order chi connectivity index (χ0) is 13.4. The van der Waals surface area contributed by atoms with Gasteiger partial charge in [0.05, 0.1) is 12.1 Å². The van der Waals surface area contributed by atoms with Crippen molar-refractivity contribution in [3.63, 3.8) is 0 Å². The van der Waals surface area contributed by atoms with Crippen LogP contribution in [0.15, 0.2) is 24.3 Å². The molecule has 1 aromatic carbocycles. The molecule has 1 aromatic rings. The van der Waals surface area contributed by atoms with Crippen molar-refractivity contribution in [2.24, 2.45) is 0 Å². The third kappa shape index (κ3) is 2.14. The van der Waals surface area contributed by atoms with E-state index in [2.05, 4.69) is 10.2 Å². The number of piperazine rings is 1. The lowest BCUT2D eigenvalue weighted by molar-refractivity contribution is 0.193. The number of fused-ring (bicyclic) bond motifs is 1. The topological polar surface area (TPSA) is 55.8 Å². The molecule has 2 atom stereocenters. The van der Waals surface area contributed by atoms with E-state index in [1.54, 1.807) is 6.92 Å². The highest BCUT2D eigenvalue weighted by Gasteiger charge is 2.35. The molecule has 0 aromatic heterocycles. The Labute approximate surface area is 112 Å². The molecule has 0 saturated carbocycles. The molecular formula is C14H19N3O2. The van der Waals surface area contributed by atoms with Crippen molar-refractivity contribution in [1.82, 2.24) is 10.2 Å². The van der Waals surface area contributed by atoms with Crippen LogP contribution in [0.4, 0.5) is 10.5 Å². The van der Waals surface area contributed by atoms with Crippen LogP contribution in [0, 0.1) is 0 Å². The van der Waals surface area contributed by atoms with Gasteiger partial charge < -0.3 is 20.2 Å². The van der Waals surface area contributed by atoms with Crippen molar-refractivity contribution >= 4 is 11.7 Å². The minimum Gasteiger partial charge on any atom is -0.389 e. The van der Waals surface area contributed by atoms with E-state index in [0.717, 1.165) is 30.9 Å². The van der Waals surface area contributed by atoms with Crippen molar-refractivity contribution in [2.75, 3.05) is 31.1 Å². The summed E-state index contributed by atoms with van der Waals surface area (Å²) in [4.78, 5) is 15.8. The van der Waals surface area contributed by atoms with Gasteiger partial charge in [-0.15, -0.1) is 0 Å². The van der Waals surface area contributed by atoms with E-state index in [-0.39, 0.29) is 12.1 Å². The second-order valence-electron chi connectivity index (χ2n) is 5.21. The number of rotatable bonds is 2. The van der Waals surface area contributed by atoms with Gasteiger partial charge in [-0.2, -0.15) is 0 Å². The predicted molar refractivity (Wildman–Crippen MR) is 73.2 cm³/mol. The maximum atomic E-state index is 11.6. The first-order valence-corrected chi connectivity index (χ1v) is 6.73. The van der Waals surface area contributed by atoms with E-state index >= 15 is 0 Å². The first kappa shape index (κ1) is 12.3. The van der Waals surface area contributed by atoms with Crippen LogP contribution < -0.4 is 10.2 Å². The van der Waals surface area contributed by atoms with Crippen molar-refractivity contribution < 1.29 is 9.90 Å². The number of carbonyl (C=O) groups excluding carboxylic acids is 1. The molecule has 102 valence electrons. The Morgan fingerprint density at radius 2 is 2.16 bits per heavy atom. The van der Waals surface area contributed by atoms with Gasteiger partial charge in [0, 0.05) is 37.4 Å². The molecule has 0 bridgehead atoms. The van der Waals surface area contributed by atoms with Crippen LogP contribution in [0.3, 0.4) is 0 Å². The van der Waals surface area contributed by atoms with Gasteiger partial charge in [0.15, 0.2) is 0 Å². The Bertz CT molecular complexity index is 489. The molecule has 0 aliphatic carbocycles. The van der Waals surface area contributed by atoms with Gasteiger partial charge in [0.2, 0.25) is 0 Å². The number of para-hydroxylation sites is 1. The molecule has 2 aliphatic rings. The first-order chi connectivity index (χ1) is 9.16. The van der Waals surface area contributed by atoms with Gasteiger partial charge >= 0.3 is 6.03 Å². The fraction of sp³-hybridized carbons (Fsp3) is 0.500. The van der Waals surface area contributed by atoms with Gasteiger partial charge in [-0.3, -0.25) is 0 Å². The van der Waals surface area contributed by atoms with Crippen molar-refractivity contribution in [2.45, 2.75) is 19.1 Å². The molecule has 0 radical (unpaired) electrons. The number of hydrogen-bond acceptors (Lipinski definition) is 3. The van der Waals surface area contributed by atoms with Crippen molar-refractivity contribution in [1.29, 1.82) is 0 Å². The lowest BCUT2D eigenvalue weighted by Gasteiger charge is -2.38. The maximum absolute atomic E-state index is 11.6. The fourth-order valence-electron chi connectivity index (χ4n) is 2.95.